The lowest BCUT2D eigenvalue weighted by atomic mass is 10.2. The molecule has 0 N–H and O–H groups in total. The van der Waals surface area contributed by atoms with Crippen LogP contribution >= 0.6 is 0 Å². The predicted molar refractivity (Wildman–Crippen MR) is 74.8 cm³/mol. The summed E-state index contributed by atoms with van der Waals surface area (Å²) in [5.41, 5.74) is 1.41. The van der Waals surface area contributed by atoms with Gasteiger partial charge in [-0.15, -0.1) is 0 Å². The third-order valence-corrected chi connectivity index (χ3v) is 3.08. The number of ketones is 1. The molecule has 5 nitrogen and oxygen atoms in total. The SMILES string of the molecule is Cn1cccc1C(=O)COc1ncnc2ccccc12. The fourth-order valence-corrected chi connectivity index (χ4v) is 2.05. The molecule has 0 spiro atoms. The van der Waals surface area contributed by atoms with E-state index < -0.39 is 0 Å². The normalized spacial score (nSPS) is 10.7. The molecule has 0 unspecified atom stereocenters. The fraction of sp³-hybridized carbons (Fsp3) is 0.133. The first-order chi connectivity index (χ1) is 9.75. The van der Waals surface area contributed by atoms with Crippen molar-refractivity contribution in [2.45, 2.75) is 0 Å². The quantitative estimate of drug-likeness (QED) is 0.680. The lowest BCUT2D eigenvalue weighted by molar-refractivity contribution is 0.0911. The van der Waals surface area contributed by atoms with Gasteiger partial charge >= 0.3 is 0 Å². The van der Waals surface area contributed by atoms with Gasteiger partial charge in [-0.25, -0.2) is 9.97 Å². The summed E-state index contributed by atoms with van der Waals surface area (Å²) in [7, 11) is 1.83. The van der Waals surface area contributed by atoms with Crippen LogP contribution < -0.4 is 4.74 Å². The maximum absolute atomic E-state index is 12.0. The number of fused-ring (bicyclic) bond motifs is 1. The van der Waals surface area contributed by atoms with Gasteiger partial charge < -0.3 is 9.30 Å². The van der Waals surface area contributed by atoms with Gasteiger partial charge in [0, 0.05) is 13.2 Å². The first kappa shape index (κ1) is 12.3. The Bertz CT molecular complexity index is 759. The monoisotopic (exact) mass is 267 g/mol. The van der Waals surface area contributed by atoms with Gasteiger partial charge in [-0.2, -0.15) is 0 Å². The summed E-state index contributed by atoms with van der Waals surface area (Å²) in [6, 6.07) is 11.1. The van der Waals surface area contributed by atoms with Crippen LogP contribution in [-0.2, 0) is 7.05 Å². The van der Waals surface area contributed by atoms with E-state index in [2.05, 4.69) is 9.97 Å². The number of carbonyl (C=O) groups excluding carboxylic acids is 1. The number of hydrogen-bond acceptors (Lipinski definition) is 4. The molecule has 2 heterocycles. The summed E-state index contributed by atoms with van der Waals surface area (Å²) < 4.78 is 7.31. The number of aromatic nitrogens is 3. The standard InChI is InChI=1S/C15H13N3O2/c1-18-8-4-7-13(18)14(19)9-20-15-11-5-2-3-6-12(11)16-10-17-15/h2-8,10H,9H2,1H3. The molecule has 0 saturated heterocycles. The van der Waals surface area contributed by atoms with Crippen molar-refractivity contribution in [3.63, 3.8) is 0 Å². The Balaban J connectivity index is 1.81. The molecule has 0 aliphatic heterocycles. The van der Waals surface area contributed by atoms with E-state index in [9.17, 15) is 4.79 Å². The van der Waals surface area contributed by atoms with E-state index in [1.807, 2.05) is 43.6 Å². The molecule has 0 atom stereocenters. The highest BCUT2D eigenvalue weighted by Crippen LogP contribution is 2.20. The molecule has 0 amide bonds. The van der Waals surface area contributed by atoms with Gasteiger partial charge in [-0.05, 0) is 24.3 Å². The average molecular weight is 267 g/mol. The second kappa shape index (κ2) is 5.13. The Morgan fingerprint density at radius 2 is 2.05 bits per heavy atom. The Hall–Kier alpha value is -2.69. The molecule has 5 heteroatoms. The zero-order valence-corrected chi connectivity index (χ0v) is 11.0. The molecule has 100 valence electrons. The summed E-state index contributed by atoms with van der Waals surface area (Å²) in [6.45, 7) is -0.0428. The molecule has 0 fully saturated rings. The topological polar surface area (TPSA) is 57.0 Å². The molecule has 0 radical (unpaired) electrons. The van der Waals surface area contributed by atoms with Crippen molar-refractivity contribution < 1.29 is 9.53 Å². The molecule has 3 rings (SSSR count). The second-order valence-corrected chi connectivity index (χ2v) is 4.41. The average Bonchev–Trinajstić information content (AvgIpc) is 2.91. The number of carbonyl (C=O) groups is 1. The minimum Gasteiger partial charge on any atom is -0.469 e. The van der Waals surface area contributed by atoms with E-state index in [0.29, 0.717) is 11.6 Å². The minimum atomic E-state index is -0.0832. The zero-order chi connectivity index (χ0) is 13.9. The predicted octanol–water partition coefficient (Wildman–Crippen LogP) is 2.23. The van der Waals surface area contributed by atoms with Gasteiger partial charge in [0.1, 0.15) is 6.33 Å². The largest absolute Gasteiger partial charge is 0.469 e. The van der Waals surface area contributed by atoms with Gasteiger partial charge in [-0.3, -0.25) is 4.79 Å². The summed E-state index contributed by atoms with van der Waals surface area (Å²) in [6.07, 6.45) is 3.26. The first-order valence-electron chi connectivity index (χ1n) is 6.23. The Morgan fingerprint density at radius 1 is 1.20 bits per heavy atom. The molecule has 3 aromatic rings. The van der Waals surface area contributed by atoms with Crippen LogP contribution in [0.2, 0.25) is 0 Å². The molecule has 0 aliphatic rings. The van der Waals surface area contributed by atoms with Crippen LogP contribution in [0, 0.1) is 0 Å². The summed E-state index contributed by atoms with van der Waals surface area (Å²) >= 11 is 0. The van der Waals surface area contributed by atoms with Crippen LogP contribution in [0.15, 0.2) is 48.9 Å². The van der Waals surface area contributed by atoms with E-state index in [-0.39, 0.29) is 12.4 Å². The fourth-order valence-electron chi connectivity index (χ4n) is 2.05. The van der Waals surface area contributed by atoms with Crippen molar-refractivity contribution in [3.8, 4) is 5.88 Å². The summed E-state index contributed by atoms with van der Waals surface area (Å²) in [5, 5.41) is 0.801. The van der Waals surface area contributed by atoms with Gasteiger partial charge in [0.15, 0.2) is 6.61 Å². The number of hydrogen-bond donors (Lipinski definition) is 0. The Kier molecular flexibility index (Phi) is 3.16. The maximum Gasteiger partial charge on any atom is 0.224 e. The van der Waals surface area contributed by atoms with Crippen LogP contribution in [0.4, 0.5) is 0 Å². The smallest absolute Gasteiger partial charge is 0.224 e. The van der Waals surface area contributed by atoms with Crippen molar-refractivity contribution in [3.05, 3.63) is 54.6 Å². The van der Waals surface area contributed by atoms with Crippen molar-refractivity contribution >= 4 is 16.7 Å². The molecule has 0 saturated carbocycles. The Morgan fingerprint density at radius 3 is 2.85 bits per heavy atom. The minimum absolute atomic E-state index is 0.0428. The molecule has 2 aromatic heterocycles. The van der Waals surface area contributed by atoms with Gasteiger partial charge in [-0.1, -0.05) is 12.1 Å². The molecular formula is C15H13N3O2. The number of nitrogens with zero attached hydrogens (tertiary/aromatic N) is 3. The molecule has 20 heavy (non-hydrogen) atoms. The van der Waals surface area contributed by atoms with E-state index in [1.165, 1.54) is 6.33 Å². The molecular weight excluding hydrogens is 254 g/mol. The van der Waals surface area contributed by atoms with Crippen molar-refractivity contribution in [1.82, 2.24) is 14.5 Å². The third-order valence-electron chi connectivity index (χ3n) is 3.08. The highest BCUT2D eigenvalue weighted by molar-refractivity contribution is 5.96. The highest BCUT2D eigenvalue weighted by atomic mass is 16.5. The first-order valence-corrected chi connectivity index (χ1v) is 6.23. The number of aryl methyl sites for hydroxylation is 1. The highest BCUT2D eigenvalue weighted by Gasteiger charge is 2.11. The van der Waals surface area contributed by atoms with Gasteiger partial charge in [0.2, 0.25) is 11.7 Å². The van der Waals surface area contributed by atoms with E-state index in [0.717, 1.165) is 10.9 Å². The van der Waals surface area contributed by atoms with E-state index in [4.69, 9.17) is 4.74 Å². The van der Waals surface area contributed by atoms with Gasteiger partial charge in [0.25, 0.3) is 0 Å². The van der Waals surface area contributed by atoms with Gasteiger partial charge in [0.05, 0.1) is 16.6 Å². The number of ether oxygens (including phenoxy) is 1. The lowest BCUT2D eigenvalue weighted by Gasteiger charge is -2.07. The van der Waals surface area contributed by atoms with Crippen LogP contribution in [0.1, 0.15) is 10.5 Å². The van der Waals surface area contributed by atoms with Crippen LogP contribution in [0.25, 0.3) is 10.9 Å². The second-order valence-electron chi connectivity index (χ2n) is 4.41. The summed E-state index contributed by atoms with van der Waals surface area (Å²) in [5.74, 6) is 0.346. The van der Waals surface area contributed by atoms with Crippen LogP contribution in [-0.4, -0.2) is 26.9 Å². The molecule has 0 bridgehead atoms. The molecule has 0 aliphatic carbocycles. The molecule has 1 aromatic carbocycles. The number of para-hydroxylation sites is 1. The van der Waals surface area contributed by atoms with Crippen molar-refractivity contribution in [1.29, 1.82) is 0 Å². The third kappa shape index (κ3) is 2.25. The van der Waals surface area contributed by atoms with E-state index >= 15 is 0 Å². The van der Waals surface area contributed by atoms with Crippen molar-refractivity contribution in [2.75, 3.05) is 6.61 Å². The maximum atomic E-state index is 12.0. The van der Waals surface area contributed by atoms with Crippen molar-refractivity contribution in [2.24, 2.45) is 7.05 Å². The van der Waals surface area contributed by atoms with Crippen LogP contribution in [0.5, 0.6) is 5.88 Å². The van der Waals surface area contributed by atoms with Crippen LogP contribution in [0.3, 0.4) is 0 Å². The number of Topliss-reactive ketones (excluding diaryl/α,β-unsaturated/α-hetero) is 1. The zero-order valence-electron chi connectivity index (χ0n) is 11.0. The Labute approximate surface area is 115 Å². The summed E-state index contributed by atoms with van der Waals surface area (Å²) in [4.78, 5) is 20.3. The number of rotatable bonds is 4. The lowest BCUT2D eigenvalue weighted by Crippen LogP contribution is -2.15. The number of benzene rings is 1. The van der Waals surface area contributed by atoms with E-state index in [1.54, 1.807) is 10.6 Å².